The van der Waals surface area contributed by atoms with Gasteiger partial charge in [-0.1, -0.05) is 19.9 Å². The molecule has 0 bridgehead atoms. The van der Waals surface area contributed by atoms with Crippen molar-refractivity contribution in [2.24, 2.45) is 5.92 Å². The largest absolute Gasteiger partial charge is 0.493 e. The summed E-state index contributed by atoms with van der Waals surface area (Å²) in [6.45, 7) is 4.06. The fourth-order valence-corrected chi connectivity index (χ4v) is 3.23. The predicted molar refractivity (Wildman–Crippen MR) is 110 cm³/mol. The zero-order chi connectivity index (χ0) is 20.8. The first-order valence-electron chi connectivity index (χ1n) is 9.09. The van der Waals surface area contributed by atoms with E-state index in [1.165, 1.54) is 0 Å². The summed E-state index contributed by atoms with van der Waals surface area (Å²) in [5.74, 6) is 2.17. The monoisotopic (exact) mass is 387 g/mol. The summed E-state index contributed by atoms with van der Waals surface area (Å²) in [4.78, 5) is 15.0. The lowest BCUT2D eigenvalue weighted by molar-refractivity contribution is -0.120. The van der Waals surface area contributed by atoms with E-state index >= 15 is 0 Å². The average Bonchev–Trinajstić information content (AvgIpc) is 2.72. The van der Waals surface area contributed by atoms with Crippen molar-refractivity contribution in [1.29, 1.82) is 0 Å². The van der Waals surface area contributed by atoms with Crippen LogP contribution >= 0.6 is 0 Å². The number of nitrogens with zero attached hydrogens (tertiary/aromatic N) is 1. The second-order valence-electron chi connectivity index (χ2n) is 6.77. The Morgan fingerprint density at radius 2 is 1.29 bits per heavy atom. The van der Waals surface area contributed by atoms with Gasteiger partial charge in [0.05, 0.1) is 34.4 Å². The Balaban J connectivity index is 2.40. The van der Waals surface area contributed by atoms with E-state index in [9.17, 15) is 4.79 Å². The molecule has 152 valence electrons. The number of ether oxygens (including phenoxy) is 4. The summed E-state index contributed by atoms with van der Waals surface area (Å²) in [6, 6.07) is 11.0. The lowest BCUT2D eigenvalue weighted by Crippen LogP contribution is -2.34. The Hall–Kier alpha value is -2.89. The van der Waals surface area contributed by atoms with Crippen LogP contribution in [0.3, 0.4) is 0 Å². The van der Waals surface area contributed by atoms with Crippen molar-refractivity contribution in [2.45, 2.75) is 19.8 Å². The molecule has 6 nitrogen and oxygen atoms in total. The van der Waals surface area contributed by atoms with Gasteiger partial charge in [-0.25, -0.2) is 0 Å². The summed E-state index contributed by atoms with van der Waals surface area (Å²) in [7, 11) is 8.10. The summed E-state index contributed by atoms with van der Waals surface area (Å²) in [5.41, 5.74) is 1.61. The van der Waals surface area contributed by atoms with Crippen LogP contribution in [-0.2, 0) is 4.79 Å². The fraction of sp³-hybridized carbons (Fsp3) is 0.409. The van der Waals surface area contributed by atoms with E-state index in [-0.39, 0.29) is 17.7 Å². The second-order valence-corrected chi connectivity index (χ2v) is 6.77. The molecule has 1 atom stereocenters. The summed E-state index contributed by atoms with van der Waals surface area (Å²) >= 11 is 0. The molecule has 0 aliphatic rings. The molecule has 0 fully saturated rings. The Labute approximate surface area is 167 Å². The smallest absolute Gasteiger partial charge is 0.234 e. The highest BCUT2D eigenvalue weighted by atomic mass is 16.5. The highest BCUT2D eigenvalue weighted by molar-refractivity contribution is 5.98. The van der Waals surface area contributed by atoms with E-state index in [4.69, 9.17) is 18.9 Å². The molecular formula is C22H29NO5. The van der Waals surface area contributed by atoms with E-state index in [1.54, 1.807) is 52.5 Å². The van der Waals surface area contributed by atoms with Crippen molar-refractivity contribution >= 4 is 11.6 Å². The van der Waals surface area contributed by atoms with Crippen LogP contribution in [0.15, 0.2) is 36.4 Å². The van der Waals surface area contributed by atoms with Crippen LogP contribution in [0.5, 0.6) is 23.0 Å². The van der Waals surface area contributed by atoms with Gasteiger partial charge in [-0.05, 0) is 35.7 Å². The Morgan fingerprint density at radius 3 is 1.79 bits per heavy atom. The molecule has 0 aliphatic heterocycles. The molecule has 2 rings (SSSR count). The van der Waals surface area contributed by atoms with Crippen molar-refractivity contribution < 1.29 is 23.7 Å². The van der Waals surface area contributed by atoms with Gasteiger partial charge in [-0.3, -0.25) is 4.79 Å². The molecule has 0 radical (unpaired) electrons. The molecule has 6 heteroatoms. The number of hydrogen-bond donors (Lipinski definition) is 0. The van der Waals surface area contributed by atoms with Gasteiger partial charge in [0.15, 0.2) is 23.0 Å². The summed E-state index contributed by atoms with van der Waals surface area (Å²) in [6.07, 6.45) is 0. The topological polar surface area (TPSA) is 57.2 Å². The van der Waals surface area contributed by atoms with Crippen molar-refractivity contribution in [3.8, 4) is 23.0 Å². The Kier molecular flexibility index (Phi) is 7.15. The van der Waals surface area contributed by atoms with Gasteiger partial charge in [0.2, 0.25) is 5.91 Å². The van der Waals surface area contributed by atoms with Gasteiger partial charge >= 0.3 is 0 Å². The molecule has 28 heavy (non-hydrogen) atoms. The molecule has 0 spiro atoms. The minimum Gasteiger partial charge on any atom is -0.493 e. The van der Waals surface area contributed by atoms with Gasteiger partial charge in [-0.15, -0.1) is 0 Å². The van der Waals surface area contributed by atoms with E-state index in [0.717, 1.165) is 11.3 Å². The number of benzene rings is 2. The van der Waals surface area contributed by atoms with Crippen molar-refractivity contribution in [2.75, 3.05) is 40.4 Å². The zero-order valence-corrected chi connectivity index (χ0v) is 17.6. The maximum absolute atomic E-state index is 13.4. The van der Waals surface area contributed by atoms with Gasteiger partial charge in [0.1, 0.15) is 0 Å². The lowest BCUT2D eigenvalue weighted by atomic mass is 9.87. The van der Waals surface area contributed by atoms with Crippen molar-refractivity contribution in [3.63, 3.8) is 0 Å². The van der Waals surface area contributed by atoms with Crippen LogP contribution in [-0.4, -0.2) is 41.4 Å². The number of carbonyl (C=O) groups is 1. The lowest BCUT2D eigenvalue weighted by Gasteiger charge is -2.27. The van der Waals surface area contributed by atoms with Crippen LogP contribution in [0.4, 0.5) is 5.69 Å². The highest BCUT2D eigenvalue weighted by Crippen LogP contribution is 2.36. The molecular weight excluding hydrogens is 358 g/mol. The number of likely N-dealkylation sites (N-methyl/N-ethyl adjacent to an activating group) is 1. The third kappa shape index (κ3) is 4.32. The van der Waals surface area contributed by atoms with E-state index < -0.39 is 0 Å². The van der Waals surface area contributed by atoms with Crippen molar-refractivity contribution in [1.82, 2.24) is 0 Å². The third-order valence-corrected chi connectivity index (χ3v) is 4.78. The molecule has 0 saturated heterocycles. The summed E-state index contributed by atoms with van der Waals surface area (Å²) in [5, 5.41) is 0. The maximum Gasteiger partial charge on any atom is 0.234 e. The highest BCUT2D eigenvalue weighted by Gasteiger charge is 2.29. The second kappa shape index (κ2) is 9.35. The average molecular weight is 387 g/mol. The van der Waals surface area contributed by atoms with Gasteiger partial charge in [0, 0.05) is 18.8 Å². The standard InChI is InChI=1S/C22H29NO5/c1-14(2)21(15-8-10-17(25-4)19(12-15)27-6)22(24)23(3)16-9-11-18(26-5)20(13-16)28-7/h8-14,21H,1-7H3. The van der Waals surface area contributed by atoms with Crippen molar-refractivity contribution in [3.05, 3.63) is 42.0 Å². The first-order valence-corrected chi connectivity index (χ1v) is 9.09. The van der Waals surface area contributed by atoms with Crippen LogP contribution in [0.2, 0.25) is 0 Å². The molecule has 1 amide bonds. The van der Waals surface area contributed by atoms with Crippen LogP contribution < -0.4 is 23.8 Å². The molecule has 0 N–H and O–H groups in total. The predicted octanol–water partition coefficient (Wildman–Crippen LogP) is 4.12. The molecule has 0 heterocycles. The SMILES string of the molecule is COc1ccc(C(C(=O)N(C)c2ccc(OC)c(OC)c2)C(C)C)cc1OC. The number of hydrogen-bond acceptors (Lipinski definition) is 5. The van der Waals surface area contributed by atoms with Crippen LogP contribution in [0, 0.1) is 5.92 Å². The van der Waals surface area contributed by atoms with E-state index in [1.807, 2.05) is 38.1 Å². The zero-order valence-electron chi connectivity index (χ0n) is 17.6. The van der Waals surface area contributed by atoms with Gasteiger partial charge in [0.25, 0.3) is 0 Å². The number of anilines is 1. The van der Waals surface area contributed by atoms with Gasteiger partial charge in [-0.2, -0.15) is 0 Å². The Morgan fingerprint density at radius 1 is 0.786 bits per heavy atom. The first kappa shape index (κ1) is 21.4. The number of amides is 1. The minimum atomic E-state index is -0.335. The number of rotatable bonds is 8. The quantitative estimate of drug-likeness (QED) is 0.682. The van der Waals surface area contributed by atoms with Crippen LogP contribution in [0.1, 0.15) is 25.3 Å². The Bertz CT molecular complexity index is 819. The van der Waals surface area contributed by atoms with Crippen LogP contribution in [0.25, 0.3) is 0 Å². The van der Waals surface area contributed by atoms with E-state index in [0.29, 0.717) is 23.0 Å². The molecule has 0 aliphatic carbocycles. The molecule has 0 aromatic heterocycles. The number of methoxy groups -OCH3 is 4. The molecule has 0 saturated carbocycles. The maximum atomic E-state index is 13.4. The molecule has 2 aromatic carbocycles. The molecule has 1 unspecified atom stereocenters. The number of carbonyl (C=O) groups excluding carboxylic acids is 1. The van der Waals surface area contributed by atoms with E-state index in [2.05, 4.69) is 0 Å². The molecule has 2 aromatic rings. The fourth-order valence-electron chi connectivity index (χ4n) is 3.23. The summed E-state index contributed by atoms with van der Waals surface area (Å²) < 4.78 is 21.4. The van der Waals surface area contributed by atoms with Gasteiger partial charge < -0.3 is 23.8 Å². The third-order valence-electron chi connectivity index (χ3n) is 4.78. The first-order chi connectivity index (χ1) is 13.4. The normalized spacial score (nSPS) is 11.7. The minimum absolute atomic E-state index is 0.0190.